The number of nitro groups is 1. The van der Waals surface area contributed by atoms with Gasteiger partial charge in [0.1, 0.15) is 5.82 Å². The number of pyridine rings is 1. The van der Waals surface area contributed by atoms with Crippen molar-refractivity contribution in [1.82, 2.24) is 20.0 Å². The van der Waals surface area contributed by atoms with Gasteiger partial charge in [-0.05, 0) is 50.2 Å². The highest BCUT2D eigenvalue weighted by Gasteiger charge is 2.26. The molecule has 0 bridgehead atoms. The van der Waals surface area contributed by atoms with Crippen LogP contribution >= 0.6 is 11.6 Å². The minimum atomic E-state index is -0.457. The third-order valence-corrected chi connectivity index (χ3v) is 5.32. The van der Waals surface area contributed by atoms with Crippen LogP contribution in [0.4, 0.5) is 11.5 Å². The van der Waals surface area contributed by atoms with E-state index in [1.807, 2.05) is 0 Å². The number of nitrogens with one attached hydrogen (secondary N) is 1. The highest BCUT2D eigenvalue weighted by molar-refractivity contribution is 6.30. The van der Waals surface area contributed by atoms with Gasteiger partial charge in [-0.3, -0.25) is 19.8 Å². The van der Waals surface area contributed by atoms with Crippen LogP contribution in [0.2, 0.25) is 5.02 Å². The summed E-state index contributed by atoms with van der Waals surface area (Å²) in [4.78, 5) is 33.4. The highest BCUT2D eigenvalue weighted by Crippen LogP contribution is 2.23. The summed E-state index contributed by atoms with van der Waals surface area (Å²) in [5.74, 6) is 1.19. The van der Waals surface area contributed by atoms with Crippen LogP contribution in [0.3, 0.4) is 0 Å². The van der Waals surface area contributed by atoms with E-state index in [9.17, 15) is 14.9 Å². The largest absolute Gasteiger partial charge is 0.338 e. The van der Waals surface area contributed by atoms with Gasteiger partial charge < -0.3 is 9.84 Å². The van der Waals surface area contributed by atoms with Gasteiger partial charge in [-0.2, -0.15) is 4.98 Å². The lowest BCUT2D eigenvalue weighted by Gasteiger charge is -2.30. The molecule has 4 rings (SSSR count). The van der Waals surface area contributed by atoms with Crippen molar-refractivity contribution in [3.63, 3.8) is 0 Å². The number of hydrogen-bond donors (Lipinski definition) is 1. The average molecular weight is 443 g/mol. The first-order valence-electron chi connectivity index (χ1n) is 9.70. The first-order chi connectivity index (χ1) is 15.0. The molecule has 3 aromatic rings. The van der Waals surface area contributed by atoms with E-state index in [0.717, 1.165) is 13.1 Å². The first kappa shape index (κ1) is 20.9. The van der Waals surface area contributed by atoms with E-state index in [0.29, 0.717) is 47.5 Å². The van der Waals surface area contributed by atoms with Crippen LogP contribution in [0.5, 0.6) is 0 Å². The van der Waals surface area contributed by atoms with Gasteiger partial charge in [-0.1, -0.05) is 16.8 Å². The van der Waals surface area contributed by atoms with Crippen molar-refractivity contribution >= 4 is 29.0 Å². The fourth-order valence-electron chi connectivity index (χ4n) is 3.39. The van der Waals surface area contributed by atoms with E-state index in [-0.39, 0.29) is 17.5 Å². The van der Waals surface area contributed by atoms with E-state index in [4.69, 9.17) is 16.1 Å². The Labute approximate surface area is 182 Å². The molecule has 11 heteroatoms. The Hall–Kier alpha value is -3.37. The van der Waals surface area contributed by atoms with Crippen molar-refractivity contribution in [1.29, 1.82) is 0 Å². The van der Waals surface area contributed by atoms with Crippen LogP contribution < -0.4 is 5.32 Å². The fourth-order valence-corrected chi connectivity index (χ4v) is 3.50. The number of anilines is 1. The summed E-state index contributed by atoms with van der Waals surface area (Å²) in [5.41, 5.74) is 0.651. The van der Waals surface area contributed by atoms with Crippen LogP contribution in [0.1, 0.15) is 18.7 Å². The number of benzene rings is 1. The number of aromatic nitrogens is 3. The molecule has 1 aliphatic rings. The third kappa shape index (κ3) is 5.22. The Bertz CT molecular complexity index is 1060. The molecule has 0 saturated carbocycles. The quantitative estimate of drug-likeness (QED) is 0.453. The fraction of sp³-hybridized carbons (Fsp3) is 0.300. The molecule has 1 saturated heterocycles. The standard InChI is InChI=1S/C20H19ClN6O4/c21-15-3-6-17(22-11-15)23-20(28)14-7-9-26(10-8-14)12-18-24-19(25-31-18)13-1-4-16(5-2-13)27(29)30/h1-6,11,14H,7-10,12H2,(H,22,23,28). The summed E-state index contributed by atoms with van der Waals surface area (Å²) in [7, 11) is 0. The molecule has 0 atom stereocenters. The zero-order chi connectivity index (χ0) is 21.8. The molecule has 2 aromatic heterocycles. The van der Waals surface area contributed by atoms with Crippen molar-refractivity contribution in [2.24, 2.45) is 5.92 Å². The van der Waals surface area contributed by atoms with Gasteiger partial charge in [0.05, 0.1) is 16.5 Å². The molecule has 1 aliphatic heterocycles. The molecule has 1 amide bonds. The summed E-state index contributed by atoms with van der Waals surface area (Å²) < 4.78 is 5.33. The normalized spacial score (nSPS) is 15.0. The Morgan fingerprint density at radius 3 is 2.61 bits per heavy atom. The number of halogens is 1. The second-order valence-electron chi connectivity index (χ2n) is 7.22. The lowest BCUT2D eigenvalue weighted by atomic mass is 9.96. The topological polar surface area (TPSA) is 127 Å². The van der Waals surface area contributed by atoms with Crippen molar-refractivity contribution in [3.8, 4) is 11.4 Å². The van der Waals surface area contributed by atoms with Crippen LogP contribution in [-0.4, -0.2) is 43.9 Å². The molecule has 31 heavy (non-hydrogen) atoms. The van der Waals surface area contributed by atoms with Crippen molar-refractivity contribution in [2.75, 3.05) is 18.4 Å². The molecule has 0 unspecified atom stereocenters. The summed E-state index contributed by atoms with van der Waals surface area (Å²) in [5, 5.41) is 18.1. The van der Waals surface area contributed by atoms with Gasteiger partial charge in [0, 0.05) is 29.8 Å². The predicted octanol–water partition coefficient (Wildman–Crippen LogP) is 3.54. The zero-order valence-corrected chi connectivity index (χ0v) is 17.2. The monoisotopic (exact) mass is 442 g/mol. The molecule has 3 heterocycles. The molecular formula is C20H19ClN6O4. The van der Waals surface area contributed by atoms with Crippen LogP contribution in [-0.2, 0) is 11.3 Å². The SMILES string of the molecule is O=C(Nc1ccc(Cl)cn1)C1CCN(Cc2nc(-c3ccc([N+](=O)[O-])cc3)no2)CC1. The summed E-state index contributed by atoms with van der Waals surface area (Å²) in [6, 6.07) is 9.34. The smallest absolute Gasteiger partial charge is 0.269 e. The van der Waals surface area contributed by atoms with Crippen molar-refractivity contribution in [3.05, 3.63) is 63.6 Å². The van der Waals surface area contributed by atoms with E-state index < -0.39 is 4.92 Å². The predicted molar refractivity (Wildman–Crippen MR) is 112 cm³/mol. The van der Waals surface area contributed by atoms with E-state index in [1.165, 1.54) is 18.3 Å². The minimum absolute atomic E-state index is 0.00576. The molecule has 0 radical (unpaired) electrons. The second kappa shape index (κ2) is 9.19. The number of carbonyl (C=O) groups is 1. The van der Waals surface area contributed by atoms with Gasteiger partial charge in [0.15, 0.2) is 0 Å². The molecular weight excluding hydrogens is 424 g/mol. The Morgan fingerprint density at radius 1 is 1.23 bits per heavy atom. The van der Waals surface area contributed by atoms with Crippen LogP contribution in [0, 0.1) is 16.0 Å². The minimum Gasteiger partial charge on any atom is -0.338 e. The second-order valence-corrected chi connectivity index (χ2v) is 7.65. The molecule has 1 N–H and O–H groups in total. The van der Waals surface area contributed by atoms with E-state index in [1.54, 1.807) is 24.3 Å². The molecule has 10 nitrogen and oxygen atoms in total. The number of nitrogens with zero attached hydrogens (tertiary/aromatic N) is 5. The van der Waals surface area contributed by atoms with Gasteiger partial charge in [0.2, 0.25) is 17.6 Å². The number of non-ortho nitro benzene ring substituents is 1. The number of amides is 1. The van der Waals surface area contributed by atoms with E-state index in [2.05, 4.69) is 25.3 Å². The number of hydrogen-bond acceptors (Lipinski definition) is 8. The van der Waals surface area contributed by atoms with Crippen molar-refractivity contribution in [2.45, 2.75) is 19.4 Å². The number of likely N-dealkylation sites (tertiary alicyclic amines) is 1. The zero-order valence-electron chi connectivity index (χ0n) is 16.4. The Morgan fingerprint density at radius 2 is 1.97 bits per heavy atom. The van der Waals surface area contributed by atoms with Gasteiger partial charge in [-0.25, -0.2) is 4.98 Å². The van der Waals surface area contributed by atoms with Crippen molar-refractivity contribution < 1.29 is 14.2 Å². The molecule has 1 fully saturated rings. The van der Waals surface area contributed by atoms with Gasteiger partial charge in [0.25, 0.3) is 5.69 Å². The summed E-state index contributed by atoms with van der Waals surface area (Å²) >= 11 is 5.81. The maximum atomic E-state index is 12.5. The Balaban J connectivity index is 1.28. The number of rotatable bonds is 6. The highest BCUT2D eigenvalue weighted by atomic mass is 35.5. The lowest BCUT2D eigenvalue weighted by molar-refractivity contribution is -0.384. The molecule has 160 valence electrons. The third-order valence-electron chi connectivity index (χ3n) is 5.10. The summed E-state index contributed by atoms with van der Waals surface area (Å²) in [6.45, 7) is 1.93. The first-order valence-corrected chi connectivity index (χ1v) is 10.1. The maximum absolute atomic E-state index is 12.5. The number of piperidine rings is 1. The van der Waals surface area contributed by atoms with E-state index >= 15 is 0 Å². The number of nitro benzene ring substituents is 1. The van der Waals surface area contributed by atoms with Crippen LogP contribution in [0.15, 0.2) is 47.1 Å². The molecule has 0 spiro atoms. The number of carbonyl (C=O) groups excluding carboxylic acids is 1. The average Bonchev–Trinajstić information content (AvgIpc) is 3.24. The summed E-state index contributed by atoms with van der Waals surface area (Å²) in [6.07, 6.45) is 2.92. The molecule has 1 aromatic carbocycles. The lowest BCUT2D eigenvalue weighted by Crippen LogP contribution is -2.37. The van der Waals surface area contributed by atoms with Gasteiger partial charge in [-0.15, -0.1) is 0 Å². The Kier molecular flexibility index (Phi) is 6.19. The van der Waals surface area contributed by atoms with Crippen LogP contribution in [0.25, 0.3) is 11.4 Å². The van der Waals surface area contributed by atoms with Gasteiger partial charge >= 0.3 is 0 Å². The molecule has 0 aliphatic carbocycles. The maximum Gasteiger partial charge on any atom is 0.269 e.